The Morgan fingerprint density at radius 2 is 2.21 bits per heavy atom. The van der Waals surface area contributed by atoms with Crippen LogP contribution in [0, 0.1) is 24.7 Å². The molecule has 1 aromatic carbocycles. The highest BCUT2D eigenvalue weighted by Gasteiger charge is 2.39. The molecule has 1 aromatic rings. The number of phenolic OH excluding ortho intramolecular Hbond substituents is 1. The largest absolute Gasteiger partial charge is 0.508 e. The number of rotatable bonds is 3. The van der Waals surface area contributed by atoms with Gasteiger partial charge in [-0.25, -0.2) is 0 Å². The van der Waals surface area contributed by atoms with Gasteiger partial charge in [-0.1, -0.05) is 12.5 Å². The van der Waals surface area contributed by atoms with Crippen molar-refractivity contribution in [2.75, 3.05) is 6.54 Å². The summed E-state index contributed by atoms with van der Waals surface area (Å²) >= 11 is 0. The molecule has 0 aliphatic heterocycles. The molecule has 1 amide bonds. The Labute approximate surface area is 114 Å². The van der Waals surface area contributed by atoms with Crippen LogP contribution in [0.5, 0.6) is 5.75 Å². The zero-order valence-corrected chi connectivity index (χ0v) is 11.4. The number of amides is 1. The molecule has 0 spiro atoms. The monoisotopic (exact) mass is 259 g/mol. The molecule has 3 heteroatoms. The molecule has 3 atom stereocenters. The Bertz CT molecular complexity index is 498. The average molecular weight is 259 g/mol. The third kappa shape index (κ3) is 2.46. The first-order valence-electron chi connectivity index (χ1n) is 7.21. The van der Waals surface area contributed by atoms with Crippen LogP contribution < -0.4 is 5.32 Å². The van der Waals surface area contributed by atoms with Crippen molar-refractivity contribution in [3.05, 3.63) is 29.3 Å². The highest BCUT2D eigenvalue weighted by Crippen LogP contribution is 2.47. The number of hydrogen-bond acceptors (Lipinski definition) is 2. The summed E-state index contributed by atoms with van der Waals surface area (Å²) in [6, 6.07) is 5.10. The number of carbonyl (C=O) groups excluding carboxylic acids is 1. The molecule has 2 bridgehead atoms. The molecule has 0 aromatic heterocycles. The van der Waals surface area contributed by atoms with Gasteiger partial charge >= 0.3 is 0 Å². The predicted octanol–water partition coefficient (Wildman–Crippen LogP) is 2.87. The third-order valence-corrected chi connectivity index (χ3v) is 4.88. The average Bonchev–Trinajstić information content (AvgIpc) is 3.01. The number of aromatic hydroxyl groups is 1. The molecule has 3 rings (SSSR count). The zero-order chi connectivity index (χ0) is 13.4. The molecule has 3 unspecified atom stereocenters. The zero-order valence-electron chi connectivity index (χ0n) is 11.4. The molecular weight excluding hydrogens is 238 g/mol. The van der Waals surface area contributed by atoms with E-state index >= 15 is 0 Å². The second-order valence-corrected chi connectivity index (χ2v) is 6.15. The number of hydrogen-bond donors (Lipinski definition) is 2. The van der Waals surface area contributed by atoms with E-state index in [1.54, 1.807) is 18.2 Å². The van der Waals surface area contributed by atoms with Gasteiger partial charge in [0.1, 0.15) is 5.75 Å². The van der Waals surface area contributed by atoms with Crippen molar-refractivity contribution in [2.24, 2.45) is 17.8 Å². The van der Waals surface area contributed by atoms with E-state index in [4.69, 9.17) is 0 Å². The lowest BCUT2D eigenvalue weighted by molar-refractivity contribution is 0.0941. The minimum atomic E-state index is -0.0712. The Kier molecular flexibility index (Phi) is 3.21. The molecule has 0 radical (unpaired) electrons. The highest BCUT2D eigenvalue weighted by molar-refractivity contribution is 5.94. The lowest BCUT2D eigenvalue weighted by Gasteiger charge is -2.21. The molecule has 2 saturated carbocycles. The summed E-state index contributed by atoms with van der Waals surface area (Å²) in [5, 5.41) is 12.7. The van der Waals surface area contributed by atoms with E-state index in [9.17, 15) is 9.90 Å². The SMILES string of the molecule is Cc1ccc(C(=O)NCC2CC3CCC2C3)cc1O. The van der Waals surface area contributed by atoms with Gasteiger partial charge in [0.25, 0.3) is 5.91 Å². The van der Waals surface area contributed by atoms with Gasteiger partial charge in [0.15, 0.2) is 0 Å². The van der Waals surface area contributed by atoms with Crippen molar-refractivity contribution in [1.82, 2.24) is 5.32 Å². The Morgan fingerprint density at radius 1 is 1.37 bits per heavy atom. The normalized spacial score (nSPS) is 28.6. The van der Waals surface area contributed by atoms with E-state index < -0.39 is 0 Å². The molecule has 0 saturated heterocycles. The van der Waals surface area contributed by atoms with Crippen molar-refractivity contribution in [3.8, 4) is 5.75 Å². The summed E-state index contributed by atoms with van der Waals surface area (Å²) in [7, 11) is 0. The number of nitrogens with one attached hydrogen (secondary N) is 1. The van der Waals surface area contributed by atoms with Gasteiger partial charge in [-0.15, -0.1) is 0 Å². The van der Waals surface area contributed by atoms with Crippen LogP contribution >= 0.6 is 0 Å². The van der Waals surface area contributed by atoms with Crippen molar-refractivity contribution in [3.63, 3.8) is 0 Å². The Morgan fingerprint density at radius 3 is 2.84 bits per heavy atom. The van der Waals surface area contributed by atoms with Crippen LogP contribution in [0.1, 0.15) is 41.6 Å². The van der Waals surface area contributed by atoms with E-state index in [-0.39, 0.29) is 11.7 Å². The minimum Gasteiger partial charge on any atom is -0.508 e. The maximum Gasteiger partial charge on any atom is 0.251 e. The van der Waals surface area contributed by atoms with Crippen LogP contribution in [0.3, 0.4) is 0 Å². The molecule has 2 N–H and O–H groups in total. The number of carbonyl (C=O) groups is 1. The van der Waals surface area contributed by atoms with E-state index in [1.807, 2.05) is 6.92 Å². The summed E-state index contributed by atoms with van der Waals surface area (Å²) in [6.45, 7) is 2.61. The first kappa shape index (κ1) is 12.5. The molecule has 0 heterocycles. The Hall–Kier alpha value is -1.51. The predicted molar refractivity (Wildman–Crippen MR) is 74.1 cm³/mol. The van der Waals surface area contributed by atoms with Crippen LogP contribution in [-0.2, 0) is 0 Å². The van der Waals surface area contributed by atoms with Gasteiger partial charge in [-0.3, -0.25) is 4.79 Å². The van der Waals surface area contributed by atoms with Crippen molar-refractivity contribution in [1.29, 1.82) is 0 Å². The Balaban J connectivity index is 1.57. The number of phenols is 1. The van der Waals surface area contributed by atoms with Crippen molar-refractivity contribution >= 4 is 5.91 Å². The molecule has 3 nitrogen and oxygen atoms in total. The second kappa shape index (κ2) is 4.87. The van der Waals surface area contributed by atoms with Crippen LogP contribution in [0.2, 0.25) is 0 Å². The topological polar surface area (TPSA) is 49.3 Å². The van der Waals surface area contributed by atoms with E-state index in [0.717, 1.165) is 23.9 Å². The van der Waals surface area contributed by atoms with Gasteiger partial charge in [-0.2, -0.15) is 0 Å². The summed E-state index contributed by atoms with van der Waals surface area (Å²) in [6.07, 6.45) is 5.38. The van der Waals surface area contributed by atoms with Crippen molar-refractivity contribution in [2.45, 2.75) is 32.6 Å². The molecule has 2 aliphatic rings. The fraction of sp³-hybridized carbons (Fsp3) is 0.562. The lowest BCUT2D eigenvalue weighted by atomic mass is 9.89. The van der Waals surface area contributed by atoms with Crippen molar-refractivity contribution < 1.29 is 9.90 Å². The van der Waals surface area contributed by atoms with Gasteiger partial charge in [0.2, 0.25) is 0 Å². The third-order valence-electron chi connectivity index (χ3n) is 4.88. The van der Waals surface area contributed by atoms with Gasteiger partial charge in [0.05, 0.1) is 0 Å². The lowest BCUT2D eigenvalue weighted by Crippen LogP contribution is -2.31. The van der Waals surface area contributed by atoms with Gasteiger partial charge in [-0.05, 0) is 61.6 Å². The summed E-state index contributed by atoms with van der Waals surface area (Å²) in [5.41, 5.74) is 1.34. The molecule has 102 valence electrons. The second-order valence-electron chi connectivity index (χ2n) is 6.15. The van der Waals surface area contributed by atoms with E-state index in [0.29, 0.717) is 11.5 Å². The first-order chi connectivity index (χ1) is 9.13. The van der Waals surface area contributed by atoms with Crippen LogP contribution in [0.25, 0.3) is 0 Å². The van der Waals surface area contributed by atoms with Gasteiger partial charge < -0.3 is 10.4 Å². The van der Waals surface area contributed by atoms with Gasteiger partial charge in [0, 0.05) is 12.1 Å². The maximum atomic E-state index is 12.0. The standard InChI is InChI=1S/C16H21NO2/c1-10-2-4-13(8-15(10)18)16(19)17-9-14-7-11-3-5-12(14)6-11/h2,4,8,11-12,14,18H,3,5-7,9H2,1H3,(H,17,19). The first-order valence-corrected chi connectivity index (χ1v) is 7.21. The van der Waals surface area contributed by atoms with Crippen LogP contribution in [-0.4, -0.2) is 17.6 Å². The smallest absolute Gasteiger partial charge is 0.251 e. The number of fused-ring (bicyclic) bond motifs is 2. The fourth-order valence-corrected chi connectivity index (χ4v) is 3.70. The number of benzene rings is 1. The maximum absolute atomic E-state index is 12.0. The summed E-state index contributed by atoms with van der Waals surface area (Å²) in [5.74, 6) is 2.53. The molecule has 2 aliphatic carbocycles. The molecule has 2 fully saturated rings. The van der Waals surface area contributed by atoms with E-state index in [2.05, 4.69) is 5.32 Å². The minimum absolute atomic E-state index is 0.0712. The fourth-order valence-electron chi connectivity index (χ4n) is 3.70. The summed E-state index contributed by atoms with van der Waals surface area (Å²) in [4.78, 5) is 12.0. The quantitative estimate of drug-likeness (QED) is 0.877. The van der Waals surface area contributed by atoms with E-state index in [1.165, 1.54) is 25.7 Å². The van der Waals surface area contributed by atoms with Crippen LogP contribution in [0.4, 0.5) is 0 Å². The highest BCUT2D eigenvalue weighted by atomic mass is 16.3. The van der Waals surface area contributed by atoms with Crippen LogP contribution in [0.15, 0.2) is 18.2 Å². The molecule has 19 heavy (non-hydrogen) atoms. The summed E-state index contributed by atoms with van der Waals surface area (Å²) < 4.78 is 0. The molecular formula is C16H21NO2. The number of aryl methyl sites for hydroxylation is 1.